The predicted octanol–water partition coefficient (Wildman–Crippen LogP) is 0.894. The Balaban J connectivity index is 1.37. The van der Waals surface area contributed by atoms with Crippen LogP contribution in [0.5, 0.6) is 0 Å². The summed E-state index contributed by atoms with van der Waals surface area (Å²) in [4.78, 5) is 29.6. The Hall–Kier alpha value is -2.48. The second kappa shape index (κ2) is 7.18. The highest BCUT2D eigenvalue weighted by Gasteiger charge is 2.27. The van der Waals surface area contributed by atoms with Crippen LogP contribution < -0.4 is 10.2 Å². The summed E-state index contributed by atoms with van der Waals surface area (Å²) in [6.07, 6.45) is 6.98. The van der Waals surface area contributed by atoms with Gasteiger partial charge in [0.2, 0.25) is 5.95 Å². The number of nitrogens with zero attached hydrogens (tertiary/aromatic N) is 5. The molecule has 8 heteroatoms. The Labute approximate surface area is 146 Å². The first-order valence-corrected chi connectivity index (χ1v) is 8.78. The van der Waals surface area contributed by atoms with Gasteiger partial charge >= 0.3 is 0 Å². The first-order valence-electron chi connectivity index (χ1n) is 8.78. The van der Waals surface area contributed by atoms with E-state index in [1.54, 1.807) is 18.5 Å². The van der Waals surface area contributed by atoms with Gasteiger partial charge in [0.15, 0.2) is 11.6 Å². The quantitative estimate of drug-likeness (QED) is 0.886. The molecule has 2 saturated heterocycles. The minimum absolute atomic E-state index is 0.0578. The SMILES string of the molecule is O=C(c1coc(C2CCNCC2)n1)N1CCN(c2ncccn2)CC1. The summed E-state index contributed by atoms with van der Waals surface area (Å²) >= 11 is 0. The molecule has 2 aliphatic rings. The van der Waals surface area contributed by atoms with E-state index in [0.717, 1.165) is 39.0 Å². The molecule has 4 heterocycles. The maximum atomic E-state index is 12.7. The molecule has 0 bridgehead atoms. The van der Waals surface area contributed by atoms with Gasteiger partial charge in [0.05, 0.1) is 0 Å². The molecule has 0 spiro atoms. The second-order valence-electron chi connectivity index (χ2n) is 6.42. The first kappa shape index (κ1) is 16.0. The van der Waals surface area contributed by atoms with Crippen LogP contribution in [0.1, 0.15) is 35.1 Å². The number of amides is 1. The zero-order valence-corrected chi connectivity index (χ0v) is 14.1. The summed E-state index contributed by atoms with van der Waals surface area (Å²) in [6.45, 7) is 4.64. The number of aromatic nitrogens is 3. The van der Waals surface area contributed by atoms with Crippen molar-refractivity contribution < 1.29 is 9.21 Å². The van der Waals surface area contributed by atoms with E-state index in [0.29, 0.717) is 36.5 Å². The summed E-state index contributed by atoms with van der Waals surface area (Å²) in [6, 6.07) is 1.80. The third kappa shape index (κ3) is 3.48. The molecule has 2 aromatic heterocycles. The van der Waals surface area contributed by atoms with E-state index < -0.39 is 0 Å². The molecule has 0 atom stereocenters. The third-order valence-electron chi connectivity index (χ3n) is 4.83. The van der Waals surface area contributed by atoms with Gasteiger partial charge in [-0.2, -0.15) is 0 Å². The number of anilines is 1. The van der Waals surface area contributed by atoms with Gasteiger partial charge in [-0.05, 0) is 32.0 Å². The number of oxazole rings is 1. The number of carbonyl (C=O) groups excluding carboxylic acids is 1. The van der Waals surface area contributed by atoms with Crippen molar-refractivity contribution in [1.29, 1.82) is 0 Å². The standard InChI is InChI=1S/C17H22N6O2/c24-16(14-12-25-15(21-14)13-2-6-18-7-3-13)22-8-10-23(11-9-22)17-19-4-1-5-20-17/h1,4-5,12-13,18H,2-3,6-11H2. The molecule has 4 rings (SSSR count). The fourth-order valence-electron chi connectivity index (χ4n) is 3.37. The molecule has 1 amide bonds. The summed E-state index contributed by atoms with van der Waals surface area (Å²) in [5.74, 6) is 1.66. The Morgan fingerprint density at radius 2 is 1.84 bits per heavy atom. The molecule has 132 valence electrons. The summed E-state index contributed by atoms with van der Waals surface area (Å²) in [5, 5.41) is 3.32. The molecule has 25 heavy (non-hydrogen) atoms. The number of piperazine rings is 1. The highest BCUT2D eigenvalue weighted by molar-refractivity contribution is 5.92. The van der Waals surface area contributed by atoms with Crippen molar-refractivity contribution in [3.05, 3.63) is 36.3 Å². The van der Waals surface area contributed by atoms with E-state index in [2.05, 4.69) is 25.2 Å². The molecule has 1 N–H and O–H groups in total. The highest BCUT2D eigenvalue weighted by Crippen LogP contribution is 2.24. The van der Waals surface area contributed by atoms with Crippen LogP contribution in [-0.2, 0) is 0 Å². The number of hydrogen-bond acceptors (Lipinski definition) is 7. The van der Waals surface area contributed by atoms with Gasteiger partial charge in [0, 0.05) is 44.5 Å². The molecule has 0 aromatic carbocycles. The van der Waals surface area contributed by atoms with E-state index >= 15 is 0 Å². The predicted molar refractivity (Wildman–Crippen MR) is 91.5 cm³/mol. The van der Waals surface area contributed by atoms with Crippen molar-refractivity contribution in [2.24, 2.45) is 0 Å². The average molecular weight is 342 g/mol. The molecule has 0 aliphatic carbocycles. The van der Waals surface area contributed by atoms with Crippen LogP contribution in [0.2, 0.25) is 0 Å². The highest BCUT2D eigenvalue weighted by atomic mass is 16.3. The molecular formula is C17H22N6O2. The van der Waals surface area contributed by atoms with Gasteiger partial charge in [-0.1, -0.05) is 0 Å². The van der Waals surface area contributed by atoms with Crippen LogP contribution in [0.4, 0.5) is 5.95 Å². The lowest BCUT2D eigenvalue weighted by Gasteiger charge is -2.34. The van der Waals surface area contributed by atoms with Crippen LogP contribution in [0, 0.1) is 0 Å². The molecule has 2 aromatic rings. The maximum absolute atomic E-state index is 12.7. The Bertz CT molecular complexity index is 705. The molecule has 2 fully saturated rings. The fraction of sp³-hybridized carbons (Fsp3) is 0.529. The van der Waals surface area contributed by atoms with E-state index in [-0.39, 0.29) is 5.91 Å². The van der Waals surface area contributed by atoms with Crippen molar-refractivity contribution in [1.82, 2.24) is 25.2 Å². The van der Waals surface area contributed by atoms with Crippen molar-refractivity contribution in [3.8, 4) is 0 Å². The largest absolute Gasteiger partial charge is 0.448 e. The van der Waals surface area contributed by atoms with E-state index in [1.807, 2.05) is 4.90 Å². The first-order chi connectivity index (χ1) is 12.3. The molecule has 0 unspecified atom stereocenters. The zero-order chi connectivity index (χ0) is 17.1. The Morgan fingerprint density at radius 3 is 2.56 bits per heavy atom. The van der Waals surface area contributed by atoms with Gasteiger partial charge in [-0.15, -0.1) is 0 Å². The zero-order valence-electron chi connectivity index (χ0n) is 14.1. The van der Waals surface area contributed by atoms with Crippen LogP contribution in [0.3, 0.4) is 0 Å². The smallest absolute Gasteiger partial charge is 0.275 e. The normalized spacial score (nSPS) is 19.2. The lowest BCUT2D eigenvalue weighted by molar-refractivity contribution is 0.0740. The topological polar surface area (TPSA) is 87.4 Å². The molecule has 0 saturated carbocycles. The minimum Gasteiger partial charge on any atom is -0.448 e. The number of rotatable bonds is 3. The van der Waals surface area contributed by atoms with E-state index in [9.17, 15) is 4.79 Å². The van der Waals surface area contributed by atoms with Gasteiger partial charge in [-0.3, -0.25) is 4.79 Å². The second-order valence-corrected chi connectivity index (χ2v) is 6.42. The van der Waals surface area contributed by atoms with Crippen molar-refractivity contribution >= 4 is 11.9 Å². The van der Waals surface area contributed by atoms with Crippen LogP contribution >= 0.6 is 0 Å². The van der Waals surface area contributed by atoms with E-state index in [4.69, 9.17) is 4.42 Å². The van der Waals surface area contributed by atoms with Gasteiger partial charge in [-0.25, -0.2) is 15.0 Å². The van der Waals surface area contributed by atoms with Crippen molar-refractivity contribution in [2.45, 2.75) is 18.8 Å². The van der Waals surface area contributed by atoms with Crippen molar-refractivity contribution in [2.75, 3.05) is 44.2 Å². The van der Waals surface area contributed by atoms with Gasteiger partial charge in [0.25, 0.3) is 5.91 Å². The fourth-order valence-corrected chi connectivity index (χ4v) is 3.37. The Morgan fingerprint density at radius 1 is 1.12 bits per heavy atom. The van der Waals surface area contributed by atoms with E-state index in [1.165, 1.54) is 6.26 Å². The van der Waals surface area contributed by atoms with Gasteiger partial charge in [0.1, 0.15) is 6.26 Å². The average Bonchev–Trinajstić information content (AvgIpc) is 3.19. The Kier molecular flexibility index (Phi) is 4.60. The molecule has 8 nitrogen and oxygen atoms in total. The van der Waals surface area contributed by atoms with Crippen LogP contribution in [0.25, 0.3) is 0 Å². The van der Waals surface area contributed by atoms with Crippen LogP contribution in [-0.4, -0.2) is 65.0 Å². The van der Waals surface area contributed by atoms with Crippen molar-refractivity contribution in [3.63, 3.8) is 0 Å². The number of hydrogen-bond donors (Lipinski definition) is 1. The summed E-state index contributed by atoms with van der Waals surface area (Å²) in [5.41, 5.74) is 0.415. The third-order valence-corrected chi connectivity index (χ3v) is 4.83. The molecule has 0 radical (unpaired) electrons. The number of carbonyl (C=O) groups is 1. The van der Waals surface area contributed by atoms with Crippen LogP contribution in [0.15, 0.2) is 29.1 Å². The summed E-state index contributed by atoms with van der Waals surface area (Å²) in [7, 11) is 0. The van der Waals surface area contributed by atoms with Gasteiger partial charge < -0.3 is 19.5 Å². The lowest BCUT2D eigenvalue weighted by Crippen LogP contribution is -2.49. The molecule has 2 aliphatic heterocycles. The summed E-state index contributed by atoms with van der Waals surface area (Å²) < 4.78 is 5.59. The number of piperidine rings is 1. The monoisotopic (exact) mass is 342 g/mol. The number of nitrogens with one attached hydrogen (secondary N) is 1. The lowest BCUT2D eigenvalue weighted by atomic mass is 9.98. The minimum atomic E-state index is -0.0578. The molecular weight excluding hydrogens is 320 g/mol. The maximum Gasteiger partial charge on any atom is 0.275 e.